The first-order chi connectivity index (χ1) is 3.55. The lowest BCUT2D eigenvalue weighted by Gasteiger charge is -2.08. The van der Waals surface area contributed by atoms with Crippen LogP contribution in [0.1, 0.15) is 20.8 Å². The lowest BCUT2D eigenvalue weighted by molar-refractivity contribution is -0.123. The highest BCUT2D eigenvalue weighted by Crippen LogP contribution is 2.01. The molecule has 48 valence electrons. The number of Topliss-reactive ketones (excluding diaryl/α,β-unsaturated/α-hetero) is 1. The molecule has 0 saturated heterocycles. The highest BCUT2D eigenvalue weighted by atomic mass is 16.3. The fourth-order valence-corrected chi connectivity index (χ4v) is 0.340. The van der Waals surface area contributed by atoms with Gasteiger partial charge in [-0.3, -0.25) is 4.79 Å². The minimum Gasteiger partial charge on any atom is -0.393 e. The van der Waals surface area contributed by atoms with Crippen LogP contribution in [-0.2, 0) is 4.79 Å². The van der Waals surface area contributed by atoms with Crippen molar-refractivity contribution in [1.82, 2.24) is 0 Å². The third-order valence-electron chi connectivity index (χ3n) is 1.36. The van der Waals surface area contributed by atoms with E-state index in [1.165, 1.54) is 6.92 Å². The summed E-state index contributed by atoms with van der Waals surface area (Å²) in [5.74, 6) is -0.171. The monoisotopic (exact) mass is 116 g/mol. The summed E-state index contributed by atoms with van der Waals surface area (Å²) in [4.78, 5) is 10.4. The van der Waals surface area contributed by atoms with Crippen LogP contribution in [0.5, 0.6) is 0 Å². The molecule has 0 rings (SSSR count). The zero-order valence-corrected chi connectivity index (χ0v) is 5.51. The van der Waals surface area contributed by atoms with Gasteiger partial charge in [0.1, 0.15) is 5.78 Å². The summed E-state index contributed by atoms with van der Waals surface area (Å²) in [5, 5.41) is 8.77. The second-order valence-electron chi connectivity index (χ2n) is 2.14. The molecule has 2 atom stereocenters. The number of aliphatic hydroxyl groups is 1. The van der Waals surface area contributed by atoms with Crippen LogP contribution in [0.2, 0.25) is 0 Å². The van der Waals surface area contributed by atoms with Gasteiger partial charge in [-0.2, -0.15) is 0 Å². The molecule has 0 saturated carbocycles. The van der Waals surface area contributed by atoms with Crippen LogP contribution in [0.3, 0.4) is 0 Å². The minimum atomic E-state index is -0.507. The van der Waals surface area contributed by atoms with E-state index in [1.54, 1.807) is 13.8 Å². The molecule has 2 heteroatoms. The van der Waals surface area contributed by atoms with Gasteiger partial charge in [-0.05, 0) is 13.8 Å². The van der Waals surface area contributed by atoms with Crippen LogP contribution in [0.25, 0.3) is 0 Å². The number of aliphatic hydroxyl groups excluding tert-OH is 1. The Kier molecular flexibility index (Phi) is 2.69. The molecular weight excluding hydrogens is 104 g/mol. The van der Waals surface area contributed by atoms with Crippen LogP contribution < -0.4 is 0 Å². The molecule has 0 unspecified atom stereocenters. The van der Waals surface area contributed by atoms with Crippen molar-refractivity contribution in [2.24, 2.45) is 5.92 Å². The molecule has 1 N–H and O–H groups in total. The molecule has 0 aromatic rings. The Hall–Kier alpha value is -0.370. The van der Waals surface area contributed by atoms with Gasteiger partial charge in [0.05, 0.1) is 6.10 Å². The van der Waals surface area contributed by atoms with Crippen LogP contribution in [0, 0.1) is 5.92 Å². The van der Waals surface area contributed by atoms with E-state index in [0.29, 0.717) is 0 Å². The molecule has 0 aliphatic heterocycles. The van der Waals surface area contributed by atoms with E-state index in [1.807, 2.05) is 0 Å². The van der Waals surface area contributed by atoms with Crippen molar-refractivity contribution in [2.45, 2.75) is 26.9 Å². The van der Waals surface area contributed by atoms with E-state index in [-0.39, 0.29) is 11.7 Å². The molecule has 8 heavy (non-hydrogen) atoms. The smallest absolute Gasteiger partial charge is 0.135 e. The van der Waals surface area contributed by atoms with Gasteiger partial charge in [-0.1, -0.05) is 6.92 Å². The van der Waals surface area contributed by atoms with Crippen molar-refractivity contribution in [3.8, 4) is 0 Å². The van der Waals surface area contributed by atoms with Crippen LogP contribution in [0.4, 0.5) is 0 Å². The van der Waals surface area contributed by atoms with Crippen LogP contribution in [-0.4, -0.2) is 17.0 Å². The third-order valence-corrected chi connectivity index (χ3v) is 1.36. The molecule has 2 nitrogen and oxygen atoms in total. The molecule has 0 bridgehead atoms. The number of ketones is 1. The Morgan fingerprint density at radius 2 is 1.88 bits per heavy atom. The van der Waals surface area contributed by atoms with Crippen molar-refractivity contribution >= 4 is 5.78 Å². The summed E-state index contributed by atoms with van der Waals surface area (Å²) < 4.78 is 0. The Morgan fingerprint density at radius 3 is 1.88 bits per heavy atom. The Morgan fingerprint density at radius 1 is 1.50 bits per heavy atom. The Bertz CT molecular complexity index is 86.5. The van der Waals surface area contributed by atoms with Gasteiger partial charge in [0, 0.05) is 5.92 Å². The number of rotatable bonds is 2. The first-order valence-corrected chi connectivity index (χ1v) is 2.74. The first-order valence-electron chi connectivity index (χ1n) is 2.74. The summed E-state index contributed by atoms with van der Waals surface area (Å²) in [6.07, 6.45) is -0.507. The standard InChI is InChI=1S/C6H12O2/c1-4(5(2)7)6(3)8/h4-5,7H,1-3H3/t4-,5+/m0/s1. The molecule has 0 aromatic carbocycles. The highest BCUT2D eigenvalue weighted by molar-refractivity contribution is 5.78. The molecule has 0 amide bonds. The van der Waals surface area contributed by atoms with Crippen molar-refractivity contribution in [1.29, 1.82) is 0 Å². The maximum atomic E-state index is 10.4. The van der Waals surface area contributed by atoms with E-state index in [0.717, 1.165) is 0 Å². The predicted molar refractivity (Wildman–Crippen MR) is 31.5 cm³/mol. The van der Waals surface area contributed by atoms with Crippen molar-refractivity contribution < 1.29 is 9.90 Å². The average molecular weight is 116 g/mol. The molecule has 0 heterocycles. The summed E-state index contributed by atoms with van der Waals surface area (Å²) in [5.41, 5.74) is 0. The quantitative estimate of drug-likeness (QED) is 0.573. The molecule has 0 spiro atoms. The van der Waals surface area contributed by atoms with Gasteiger partial charge in [0.15, 0.2) is 0 Å². The number of hydrogen-bond donors (Lipinski definition) is 1. The second kappa shape index (κ2) is 2.82. The van der Waals surface area contributed by atoms with Crippen molar-refractivity contribution in [3.05, 3.63) is 0 Å². The van der Waals surface area contributed by atoms with Gasteiger partial charge in [-0.25, -0.2) is 0 Å². The lowest BCUT2D eigenvalue weighted by Crippen LogP contribution is -2.19. The maximum Gasteiger partial charge on any atom is 0.135 e. The molecule has 0 radical (unpaired) electrons. The van der Waals surface area contributed by atoms with Crippen LogP contribution >= 0.6 is 0 Å². The summed E-state index contributed by atoms with van der Waals surface area (Å²) >= 11 is 0. The van der Waals surface area contributed by atoms with Gasteiger partial charge < -0.3 is 5.11 Å². The topological polar surface area (TPSA) is 37.3 Å². The highest BCUT2D eigenvalue weighted by Gasteiger charge is 2.12. The number of carbonyl (C=O) groups is 1. The summed E-state index contributed by atoms with van der Waals surface area (Å²) in [6, 6.07) is 0. The zero-order valence-electron chi connectivity index (χ0n) is 5.51. The number of hydrogen-bond acceptors (Lipinski definition) is 2. The van der Waals surface area contributed by atoms with Gasteiger partial charge in [0.2, 0.25) is 0 Å². The molecule has 0 aliphatic rings. The van der Waals surface area contributed by atoms with Gasteiger partial charge in [0.25, 0.3) is 0 Å². The fraction of sp³-hybridized carbons (Fsp3) is 0.833. The van der Waals surface area contributed by atoms with Gasteiger partial charge in [-0.15, -0.1) is 0 Å². The van der Waals surface area contributed by atoms with E-state index < -0.39 is 6.10 Å². The predicted octanol–water partition coefficient (Wildman–Crippen LogP) is 0.592. The van der Waals surface area contributed by atoms with Crippen LogP contribution in [0.15, 0.2) is 0 Å². The largest absolute Gasteiger partial charge is 0.393 e. The average Bonchev–Trinajstić information content (AvgIpc) is 1.64. The summed E-state index contributed by atoms with van der Waals surface area (Å²) in [6.45, 7) is 4.82. The normalized spacial score (nSPS) is 17.5. The minimum absolute atomic E-state index is 0.0417. The van der Waals surface area contributed by atoms with Crippen molar-refractivity contribution in [2.75, 3.05) is 0 Å². The molecular formula is C6H12O2. The van der Waals surface area contributed by atoms with E-state index in [4.69, 9.17) is 5.11 Å². The SMILES string of the molecule is CC(=O)[C@@H](C)[C@@H](C)O. The van der Waals surface area contributed by atoms with E-state index in [9.17, 15) is 4.79 Å². The summed E-state index contributed by atoms with van der Waals surface area (Å²) in [7, 11) is 0. The number of carbonyl (C=O) groups excluding carboxylic acids is 1. The first kappa shape index (κ1) is 7.63. The fourth-order valence-electron chi connectivity index (χ4n) is 0.340. The third kappa shape index (κ3) is 2.07. The maximum absolute atomic E-state index is 10.4. The Labute approximate surface area is 49.5 Å². The second-order valence-corrected chi connectivity index (χ2v) is 2.14. The van der Waals surface area contributed by atoms with Crippen molar-refractivity contribution in [3.63, 3.8) is 0 Å². The zero-order chi connectivity index (χ0) is 6.73. The molecule has 0 aromatic heterocycles. The Balaban J connectivity index is 3.64. The molecule has 0 fully saturated rings. The molecule has 0 aliphatic carbocycles. The van der Waals surface area contributed by atoms with E-state index >= 15 is 0 Å². The van der Waals surface area contributed by atoms with Gasteiger partial charge >= 0.3 is 0 Å². The van der Waals surface area contributed by atoms with E-state index in [2.05, 4.69) is 0 Å². The lowest BCUT2D eigenvalue weighted by atomic mass is 10.0.